The van der Waals surface area contributed by atoms with Crippen LogP contribution in [0.3, 0.4) is 0 Å². The van der Waals surface area contributed by atoms with Crippen LogP contribution in [0.1, 0.15) is 30.7 Å². The quantitative estimate of drug-likeness (QED) is 0.669. The smallest absolute Gasteiger partial charge is 0.258 e. The van der Waals surface area contributed by atoms with Gasteiger partial charge in [-0.2, -0.15) is 4.98 Å². The molecule has 2 aromatic carbocycles. The van der Waals surface area contributed by atoms with Gasteiger partial charge in [0.05, 0.1) is 7.11 Å². The lowest BCUT2D eigenvalue weighted by molar-refractivity contribution is -0.117. The van der Waals surface area contributed by atoms with E-state index in [0.29, 0.717) is 24.4 Å². The number of halogens is 1. The van der Waals surface area contributed by atoms with Gasteiger partial charge in [-0.1, -0.05) is 24.2 Å². The summed E-state index contributed by atoms with van der Waals surface area (Å²) in [5.41, 5.74) is 2.56. The van der Waals surface area contributed by atoms with Gasteiger partial charge in [-0.3, -0.25) is 4.79 Å². The number of aryl methyl sites for hydroxylation is 1. The molecule has 4 rings (SSSR count). The lowest BCUT2D eigenvalue weighted by atomic mass is 10.1. The molecule has 1 aliphatic heterocycles. The Balaban J connectivity index is 1.52. The summed E-state index contributed by atoms with van der Waals surface area (Å²) in [6.45, 7) is 2.58. The van der Waals surface area contributed by atoms with Gasteiger partial charge >= 0.3 is 0 Å². The molecule has 0 N–H and O–H groups in total. The van der Waals surface area contributed by atoms with Gasteiger partial charge in [0, 0.05) is 30.1 Å². The number of benzene rings is 2. The highest BCUT2D eigenvalue weighted by Gasteiger charge is 2.34. The average Bonchev–Trinajstić information content (AvgIpc) is 3.35. The van der Waals surface area contributed by atoms with Crippen LogP contribution in [0, 0.1) is 5.82 Å². The van der Waals surface area contributed by atoms with E-state index in [1.54, 1.807) is 11.0 Å². The van der Waals surface area contributed by atoms with E-state index in [9.17, 15) is 9.18 Å². The molecule has 0 aliphatic carbocycles. The van der Waals surface area contributed by atoms with Gasteiger partial charge in [-0.15, -0.1) is 0 Å². The number of hydrogen-bond donors (Lipinski definition) is 0. The first-order chi connectivity index (χ1) is 13.6. The van der Waals surface area contributed by atoms with Crippen molar-refractivity contribution < 1.29 is 18.4 Å². The summed E-state index contributed by atoms with van der Waals surface area (Å²) >= 11 is 0. The number of carbonyl (C=O) groups excluding carboxylic acids is 1. The second kappa shape index (κ2) is 7.42. The summed E-state index contributed by atoms with van der Waals surface area (Å²) in [5.74, 6) is 0.171. The number of aromatic nitrogens is 2. The molecule has 0 spiro atoms. The number of rotatable bonds is 5. The summed E-state index contributed by atoms with van der Waals surface area (Å²) in [6.07, 6.45) is 1.26. The molecule has 144 valence electrons. The van der Waals surface area contributed by atoms with Gasteiger partial charge < -0.3 is 14.2 Å². The lowest BCUT2D eigenvalue weighted by Crippen LogP contribution is -2.24. The van der Waals surface area contributed by atoms with Crippen LogP contribution in [-0.4, -0.2) is 29.7 Å². The maximum absolute atomic E-state index is 13.9. The van der Waals surface area contributed by atoms with Gasteiger partial charge in [0.1, 0.15) is 0 Å². The summed E-state index contributed by atoms with van der Waals surface area (Å²) < 4.78 is 24.1. The van der Waals surface area contributed by atoms with Crippen LogP contribution in [0.5, 0.6) is 5.75 Å². The number of carbonyl (C=O) groups is 1. The van der Waals surface area contributed by atoms with Gasteiger partial charge in [0.25, 0.3) is 5.89 Å². The highest BCUT2D eigenvalue weighted by atomic mass is 19.1. The fourth-order valence-electron chi connectivity index (χ4n) is 3.36. The number of nitrogens with zero attached hydrogens (tertiary/aromatic N) is 3. The van der Waals surface area contributed by atoms with Crippen molar-refractivity contribution in [1.82, 2.24) is 10.1 Å². The molecule has 0 unspecified atom stereocenters. The Morgan fingerprint density at radius 2 is 2.04 bits per heavy atom. The van der Waals surface area contributed by atoms with E-state index in [1.807, 2.05) is 24.3 Å². The second-order valence-electron chi connectivity index (χ2n) is 6.73. The second-order valence-corrected chi connectivity index (χ2v) is 6.73. The third-order valence-corrected chi connectivity index (χ3v) is 4.99. The number of hydrogen-bond acceptors (Lipinski definition) is 5. The Morgan fingerprint density at radius 1 is 1.25 bits per heavy atom. The van der Waals surface area contributed by atoms with E-state index in [1.165, 1.54) is 24.8 Å². The average molecular weight is 381 g/mol. The molecule has 0 bridgehead atoms. The summed E-state index contributed by atoms with van der Waals surface area (Å²) in [4.78, 5) is 18.6. The molecule has 1 aliphatic rings. The molecule has 1 saturated heterocycles. The van der Waals surface area contributed by atoms with Crippen molar-refractivity contribution in [1.29, 1.82) is 0 Å². The monoisotopic (exact) mass is 381 g/mol. The van der Waals surface area contributed by atoms with Crippen LogP contribution in [0.2, 0.25) is 0 Å². The van der Waals surface area contributed by atoms with Crippen LogP contribution in [0.4, 0.5) is 10.1 Å². The van der Waals surface area contributed by atoms with Crippen LogP contribution in [0.15, 0.2) is 47.0 Å². The van der Waals surface area contributed by atoms with Crippen LogP contribution < -0.4 is 9.64 Å². The van der Waals surface area contributed by atoms with Gasteiger partial charge in [-0.05, 0) is 42.3 Å². The molecule has 0 saturated carbocycles. The third kappa shape index (κ3) is 3.35. The molecular formula is C21H20FN3O3. The van der Waals surface area contributed by atoms with E-state index in [2.05, 4.69) is 17.1 Å². The van der Waals surface area contributed by atoms with Crippen molar-refractivity contribution in [3.05, 3.63) is 59.7 Å². The highest BCUT2D eigenvalue weighted by molar-refractivity contribution is 5.96. The molecule has 28 heavy (non-hydrogen) atoms. The predicted molar refractivity (Wildman–Crippen MR) is 102 cm³/mol. The molecule has 7 heteroatoms. The fraction of sp³-hybridized carbons (Fsp3) is 0.286. The molecular weight excluding hydrogens is 361 g/mol. The van der Waals surface area contributed by atoms with Crippen molar-refractivity contribution >= 4 is 11.6 Å². The maximum Gasteiger partial charge on any atom is 0.258 e. The van der Waals surface area contributed by atoms with E-state index in [-0.39, 0.29) is 23.5 Å². The summed E-state index contributed by atoms with van der Waals surface area (Å²) in [6, 6.07) is 12.4. The Labute approximate surface area is 161 Å². The Hall–Kier alpha value is -3.22. The Kier molecular flexibility index (Phi) is 4.81. The lowest BCUT2D eigenvalue weighted by Gasteiger charge is -2.16. The summed E-state index contributed by atoms with van der Waals surface area (Å²) in [7, 11) is 1.40. The zero-order chi connectivity index (χ0) is 19.7. The van der Waals surface area contributed by atoms with Gasteiger partial charge in [-0.25, -0.2) is 4.39 Å². The van der Waals surface area contributed by atoms with Gasteiger partial charge in [0.15, 0.2) is 17.4 Å². The van der Waals surface area contributed by atoms with Crippen LogP contribution in [0.25, 0.3) is 11.5 Å². The predicted octanol–water partition coefficient (Wildman–Crippen LogP) is 3.97. The third-order valence-electron chi connectivity index (χ3n) is 4.99. The Bertz CT molecular complexity index is 1000. The van der Waals surface area contributed by atoms with Gasteiger partial charge in [0.2, 0.25) is 5.91 Å². The molecule has 6 nitrogen and oxygen atoms in total. The first-order valence-electron chi connectivity index (χ1n) is 9.16. The molecule has 2 heterocycles. The molecule has 0 radical (unpaired) electrons. The van der Waals surface area contributed by atoms with Crippen LogP contribution in [-0.2, 0) is 11.2 Å². The molecule has 1 aromatic heterocycles. The first-order valence-corrected chi connectivity index (χ1v) is 9.16. The fourth-order valence-corrected chi connectivity index (χ4v) is 3.36. The SMILES string of the molecule is CCc1ccc(N2C[C@H](c3noc(-c4ccc(OC)c(F)c4)n3)CC2=O)cc1. The zero-order valence-corrected chi connectivity index (χ0v) is 15.7. The van der Waals surface area contributed by atoms with E-state index in [0.717, 1.165) is 12.1 Å². The molecule has 1 amide bonds. The van der Waals surface area contributed by atoms with E-state index in [4.69, 9.17) is 9.26 Å². The van der Waals surface area contributed by atoms with Crippen molar-refractivity contribution in [2.24, 2.45) is 0 Å². The van der Waals surface area contributed by atoms with Crippen molar-refractivity contribution in [3.8, 4) is 17.2 Å². The van der Waals surface area contributed by atoms with E-state index >= 15 is 0 Å². The number of amides is 1. The molecule has 3 aromatic rings. The Morgan fingerprint density at radius 3 is 2.71 bits per heavy atom. The molecule has 1 atom stereocenters. The van der Waals surface area contributed by atoms with Crippen molar-refractivity contribution in [2.75, 3.05) is 18.6 Å². The van der Waals surface area contributed by atoms with Crippen LogP contribution >= 0.6 is 0 Å². The number of anilines is 1. The number of ether oxygens (including phenoxy) is 1. The largest absolute Gasteiger partial charge is 0.494 e. The van der Waals surface area contributed by atoms with Crippen molar-refractivity contribution in [3.63, 3.8) is 0 Å². The minimum Gasteiger partial charge on any atom is -0.494 e. The normalized spacial score (nSPS) is 16.6. The first kappa shape index (κ1) is 18.2. The van der Waals surface area contributed by atoms with E-state index < -0.39 is 5.82 Å². The molecule has 1 fully saturated rings. The minimum atomic E-state index is -0.502. The standard InChI is InChI=1S/C21H20FN3O3/c1-3-13-4-7-16(8-5-13)25-12-15(11-19(25)26)20-23-21(28-24-20)14-6-9-18(27-2)17(22)10-14/h4-10,15H,3,11-12H2,1-2H3/t15-/m1/s1. The highest BCUT2D eigenvalue weighted by Crippen LogP contribution is 2.32. The number of methoxy groups -OCH3 is 1. The van der Waals surface area contributed by atoms with Crippen molar-refractivity contribution in [2.45, 2.75) is 25.7 Å². The zero-order valence-electron chi connectivity index (χ0n) is 15.7. The summed E-state index contributed by atoms with van der Waals surface area (Å²) in [5, 5.41) is 4.02. The maximum atomic E-state index is 13.9. The topological polar surface area (TPSA) is 68.5 Å². The minimum absolute atomic E-state index is 0.0242.